The molecule has 5 amide bonds. The molecule has 22 nitrogen and oxygen atoms in total. The molecule has 7 heterocycles. The quantitative estimate of drug-likeness (QED) is 0.0574. The molecular weight excluding hydrogens is 1580 g/mol. The standard InChI is InChI=1S/C19H27BN2O3.C15H17BrN2O2.C13H15BrN2O.C12H24B2O4.C12H14BrNO.C4H5ClO.CH2O3.Na/c1-12-11-22(17(23)13-6-7-13)16-10-14(8-9-15(16)21-12)20-24-18(2,3)19(4,5)25-20;1-9-8-17(15(20)11-3-4-11)14-7-12(16)5-6-13(14)18(9)10(2)19;1-8-7-16(13(17)9-2-3-9)12-6-10(14)4-5-11(12)15-8;1-9(2)10(3,4)16-13(15-9)14-17-11(5,6)12(7,8)18-14;1-8-3-4-10-7-11(13)5-6-12(10)14(8)9(2)15;5-4(6)3-1-2-3;2-1-4-3;/h8-10,12-13,21H,6-7,11H2,1-5H3;5-7,9,11H,3-4,8H2,1-2H3;4-6,8-9,15H,2-3,7H2,1H3;1-8H3;5-8H,3-4H2,1-2H3;3H,1-2H2;1,3H;/q;;;;;;;+1/p-1/t12-;9-;8-;;8-;;;/m000.0.../s1. The van der Waals surface area contributed by atoms with E-state index in [2.05, 4.69) is 124 Å². The minimum atomic E-state index is -0.476. The second kappa shape index (κ2) is 35.1. The second-order valence-electron chi connectivity index (χ2n) is 32.2. The number of rotatable bonds is 7. The van der Waals surface area contributed by atoms with Gasteiger partial charge in [0, 0.05) is 94.4 Å². The van der Waals surface area contributed by atoms with Gasteiger partial charge in [-0.3, -0.25) is 33.6 Å². The van der Waals surface area contributed by atoms with E-state index in [4.69, 9.17) is 49.6 Å². The molecule has 570 valence electrons. The first-order valence-corrected chi connectivity index (χ1v) is 39.3. The average molecular weight is 1690 g/mol. The van der Waals surface area contributed by atoms with Crippen LogP contribution in [-0.4, -0.2) is 140 Å². The Kier molecular flexibility index (Phi) is 28.9. The molecule has 4 aromatic carbocycles. The van der Waals surface area contributed by atoms with E-state index in [-0.39, 0.29) is 140 Å². The van der Waals surface area contributed by atoms with Crippen LogP contribution in [0.2, 0.25) is 0 Å². The summed E-state index contributed by atoms with van der Waals surface area (Å²) in [5.74, 6) is 1.76. The summed E-state index contributed by atoms with van der Waals surface area (Å²) in [4.78, 5) is 91.6. The molecule has 0 unspecified atom stereocenters. The van der Waals surface area contributed by atoms with Crippen LogP contribution in [0.4, 0.5) is 39.8 Å². The van der Waals surface area contributed by atoms with Gasteiger partial charge in [-0.15, -0.1) is 0 Å². The van der Waals surface area contributed by atoms with Crippen molar-refractivity contribution in [3.8, 4) is 0 Å². The minimum Gasteiger partial charge on any atom is -0.662 e. The molecular formula is C76H103B3Br3ClN7NaO15. The maximum atomic E-state index is 12.7. The van der Waals surface area contributed by atoms with E-state index in [1.807, 2.05) is 143 Å². The van der Waals surface area contributed by atoms with Crippen molar-refractivity contribution in [2.75, 3.05) is 54.8 Å². The van der Waals surface area contributed by atoms with Crippen LogP contribution in [0.5, 0.6) is 0 Å². The zero-order chi connectivity index (χ0) is 77.4. The molecule has 7 aliphatic heterocycles. The van der Waals surface area contributed by atoms with E-state index in [9.17, 15) is 28.8 Å². The zero-order valence-corrected chi connectivity index (χ0v) is 72.4. The van der Waals surface area contributed by atoms with Gasteiger partial charge in [0.1, 0.15) is 0 Å². The summed E-state index contributed by atoms with van der Waals surface area (Å²) < 4.78 is 39.2. The minimum absolute atomic E-state index is 0. The second-order valence-corrected chi connectivity index (χ2v) is 35.3. The summed E-state index contributed by atoms with van der Waals surface area (Å²) in [7, 11) is -1.36. The normalized spacial score (nSPS) is 23.8. The molecule has 4 saturated carbocycles. The van der Waals surface area contributed by atoms with E-state index in [0.29, 0.717) is 25.2 Å². The fourth-order valence-corrected chi connectivity index (χ4v) is 14.4. The van der Waals surface area contributed by atoms with Crippen molar-refractivity contribution in [3.63, 3.8) is 0 Å². The molecule has 106 heavy (non-hydrogen) atoms. The predicted molar refractivity (Wildman–Crippen MR) is 422 cm³/mol. The number of halogens is 4. The van der Waals surface area contributed by atoms with E-state index in [1.54, 1.807) is 18.7 Å². The van der Waals surface area contributed by atoms with Crippen LogP contribution in [0, 0.1) is 23.7 Å². The Labute approximate surface area is 679 Å². The maximum Gasteiger partial charge on any atom is 1.00 e. The molecule has 30 heteroatoms. The van der Waals surface area contributed by atoms with Crippen molar-refractivity contribution >= 4 is 167 Å². The van der Waals surface area contributed by atoms with Gasteiger partial charge in [0.05, 0.1) is 73.8 Å². The maximum absolute atomic E-state index is 12.7. The Hall–Kier alpha value is -4.39. The van der Waals surface area contributed by atoms with Gasteiger partial charge in [-0.2, -0.15) is 0 Å². The van der Waals surface area contributed by atoms with Crippen LogP contribution in [0.1, 0.15) is 188 Å². The van der Waals surface area contributed by atoms with Crippen molar-refractivity contribution in [2.24, 2.45) is 23.7 Å². The number of hydrogen-bond acceptors (Lipinski definition) is 17. The van der Waals surface area contributed by atoms with Crippen molar-refractivity contribution < 1.29 is 101 Å². The summed E-state index contributed by atoms with van der Waals surface area (Å²) in [5.41, 5.74) is 6.80. The van der Waals surface area contributed by atoms with E-state index in [1.165, 1.54) is 5.56 Å². The first-order valence-electron chi connectivity index (χ1n) is 36.6. The van der Waals surface area contributed by atoms with Crippen LogP contribution < -0.4 is 75.4 Å². The van der Waals surface area contributed by atoms with E-state index in [0.717, 1.165) is 129 Å². The van der Waals surface area contributed by atoms with Gasteiger partial charge < -0.3 is 73.2 Å². The summed E-state index contributed by atoms with van der Waals surface area (Å²) in [6.07, 6.45) is 10.3. The third-order valence-corrected chi connectivity index (χ3v) is 23.5. The number of anilines is 7. The molecule has 4 aliphatic carbocycles. The van der Waals surface area contributed by atoms with Crippen LogP contribution in [0.15, 0.2) is 86.2 Å². The number of carbonyl (C=O) groups excluding carboxylic acids is 7. The number of amides is 5. The van der Waals surface area contributed by atoms with Gasteiger partial charge in [0.2, 0.25) is 34.8 Å². The average Bonchev–Trinajstić information content (AvgIpc) is 1.31. The van der Waals surface area contributed by atoms with E-state index < -0.39 is 21.1 Å². The third kappa shape index (κ3) is 21.0. The van der Waals surface area contributed by atoms with Crippen LogP contribution in [0.3, 0.4) is 0 Å². The molecule has 4 atom stereocenters. The molecule has 0 spiro atoms. The SMILES string of the molecule is CC(=O)N1c2ccc(Br)cc2CC[C@@H]1C.CC(=O)N1c2ccc(Br)cc2N(C(=O)C2CC2)C[C@@H]1C.CC1(C)OB(B2OC(C)(C)C(C)(C)O2)OC1(C)C.C[C@H]1CN(C(=O)C2CC2)c2cc(B3OC(C)(C)C(C)(C)O3)ccc2N1.C[C@H]1CN(C(=O)C2CC2)c2cc(Br)ccc2N1.O=C(Cl)C1CC1.O=CO[O-].[Na+]. The Morgan fingerprint density at radius 1 is 0.481 bits per heavy atom. The fourth-order valence-electron chi connectivity index (χ4n) is 13.1. The fraction of sp³-hybridized carbons (Fsp3) is 0.592. The monoisotopic (exact) mass is 1680 g/mol. The molecule has 0 aromatic heterocycles. The van der Waals surface area contributed by atoms with Gasteiger partial charge in [-0.05, 0) is 264 Å². The Morgan fingerprint density at radius 2 is 0.830 bits per heavy atom. The number of carbonyl (C=O) groups is 7. The van der Waals surface area contributed by atoms with E-state index >= 15 is 0 Å². The molecule has 0 bridgehead atoms. The summed E-state index contributed by atoms with van der Waals surface area (Å²) in [6, 6.07) is 24.9. The summed E-state index contributed by atoms with van der Waals surface area (Å²) in [5, 5.41) is 15.2. The number of aryl methyl sites for hydroxylation is 1. The van der Waals surface area contributed by atoms with Crippen molar-refractivity contribution in [1.82, 2.24) is 0 Å². The smallest absolute Gasteiger partial charge is 0.662 e. The number of fused-ring (bicyclic) bond motifs is 4. The molecule has 4 aromatic rings. The first-order chi connectivity index (χ1) is 49.0. The topological polar surface area (TPSA) is 247 Å². The van der Waals surface area contributed by atoms with Crippen LogP contribution in [-0.2, 0) is 72.8 Å². The number of benzene rings is 4. The summed E-state index contributed by atoms with van der Waals surface area (Å²) in [6.45, 7) is 37.8. The van der Waals surface area contributed by atoms with Crippen LogP contribution in [0.25, 0.3) is 0 Å². The molecule has 15 rings (SSSR count). The van der Waals surface area contributed by atoms with Gasteiger partial charge >= 0.3 is 50.7 Å². The Morgan fingerprint density at radius 3 is 1.22 bits per heavy atom. The third-order valence-electron chi connectivity index (χ3n) is 21.7. The largest absolute Gasteiger partial charge is 1.00 e. The predicted octanol–water partition coefficient (Wildman–Crippen LogP) is 10.5. The van der Waals surface area contributed by atoms with Crippen molar-refractivity contribution in [3.05, 3.63) is 91.8 Å². The van der Waals surface area contributed by atoms with Gasteiger partial charge in [0.25, 0.3) is 6.47 Å². The van der Waals surface area contributed by atoms with Gasteiger partial charge in [-0.25, -0.2) is 0 Å². The number of nitrogens with zero attached hydrogens (tertiary/aromatic N) is 5. The molecule has 0 radical (unpaired) electrons. The van der Waals surface area contributed by atoms with Gasteiger partial charge in [-0.1, -0.05) is 53.9 Å². The van der Waals surface area contributed by atoms with Crippen LogP contribution >= 0.6 is 59.4 Å². The van der Waals surface area contributed by atoms with Crippen molar-refractivity contribution in [2.45, 2.75) is 247 Å². The number of hydrogen-bond donors (Lipinski definition) is 2. The Bertz CT molecular complexity index is 3800. The first kappa shape index (κ1) is 87.2. The molecule has 11 aliphatic rings. The summed E-state index contributed by atoms with van der Waals surface area (Å²) >= 11 is 15.4. The molecule has 2 N–H and O–H groups in total. The zero-order valence-electron chi connectivity index (χ0n) is 64.9. The Balaban J connectivity index is 0.000000163. The van der Waals surface area contributed by atoms with Crippen molar-refractivity contribution in [1.29, 1.82) is 0 Å². The number of nitrogens with one attached hydrogen (secondary N) is 2. The molecule has 7 fully saturated rings. The van der Waals surface area contributed by atoms with Gasteiger partial charge in [0.15, 0.2) is 0 Å². The molecule has 3 saturated heterocycles.